The Bertz CT molecular complexity index is 17.1. The van der Waals surface area contributed by atoms with Crippen LogP contribution in [0.4, 0.5) is 0 Å². The fourth-order valence-corrected chi connectivity index (χ4v) is 0. The largest absolute Gasteiger partial charge is 0 e. The summed E-state index contributed by atoms with van der Waals surface area (Å²) >= 11 is 0. The summed E-state index contributed by atoms with van der Waals surface area (Å²) < 4.78 is 0. The van der Waals surface area contributed by atoms with E-state index in [1.54, 1.807) is 0 Å². The summed E-state index contributed by atoms with van der Waals surface area (Å²) in [5, 5.41) is 7.89. The van der Waals surface area contributed by atoms with Crippen molar-refractivity contribution in [2.45, 2.75) is 0 Å². The molecule has 0 aromatic heterocycles. The first-order chi connectivity index (χ1) is 1.41. The third-order valence-electron chi connectivity index (χ3n) is 0. The molecular formula is H3CaEuNO2. The van der Waals surface area contributed by atoms with Crippen molar-refractivity contribution >= 4 is 37.7 Å². The second kappa shape index (κ2) is 16.3. The molecule has 29 valence electrons. The molecule has 0 aliphatic heterocycles. The summed E-state index contributed by atoms with van der Waals surface area (Å²) in [6, 6.07) is 0. The number of hydrogen-bond donors (Lipinski definition) is 1. The summed E-state index contributed by atoms with van der Waals surface area (Å²) in [4.78, 5) is 8.11. The topological polar surface area (TPSA) is 49.7 Å². The molecule has 0 rings (SSSR count). The van der Waals surface area contributed by atoms with E-state index in [2.05, 4.69) is 0 Å². The molecule has 0 saturated heterocycles. The Morgan fingerprint density at radius 2 is 1.60 bits per heavy atom. The van der Waals surface area contributed by atoms with Crippen LogP contribution in [0.5, 0.6) is 0 Å². The van der Waals surface area contributed by atoms with Gasteiger partial charge < -0.3 is 5.21 Å². The van der Waals surface area contributed by atoms with Crippen LogP contribution in [-0.2, 0) is 0 Å². The zero-order valence-corrected chi connectivity index (χ0v) is 4.11. The molecule has 0 atom stereocenters. The zero-order valence-electron chi connectivity index (χ0n) is 1.68. The van der Waals surface area contributed by atoms with E-state index in [1.165, 1.54) is 5.34 Å². The first-order valence-electron chi connectivity index (χ1n) is 0.383. The molecule has 0 aromatic rings. The Labute approximate surface area is 100.0 Å². The van der Waals surface area contributed by atoms with Gasteiger partial charge in [0.1, 0.15) is 0 Å². The molecule has 0 aliphatic rings. The Morgan fingerprint density at radius 3 is 1.60 bits per heavy atom. The molecule has 1 radical (unpaired) electrons. The van der Waals surface area contributed by atoms with Crippen molar-refractivity contribution in [3.8, 4) is 0 Å². The van der Waals surface area contributed by atoms with Crippen LogP contribution in [0.2, 0.25) is 0 Å². The zero-order chi connectivity index (χ0) is 2.71. The van der Waals surface area contributed by atoms with Gasteiger partial charge in [-0.1, -0.05) is 0 Å². The molecule has 0 heterocycles. The van der Waals surface area contributed by atoms with Gasteiger partial charge in [-0.15, -0.1) is 4.91 Å². The fourth-order valence-electron chi connectivity index (χ4n) is 0. The minimum atomic E-state index is 0. The molecule has 5 heteroatoms. The van der Waals surface area contributed by atoms with Crippen molar-refractivity contribution < 1.29 is 54.6 Å². The second-order valence-corrected chi connectivity index (χ2v) is 0.0816. The van der Waals surface area contributed by atoms with Gasteiger partial charge in [0.2, 0.25) is 0 Å². The Hall–Kier alpha value is 2.24. The summed E-state index contributed by atoms with van der Waals surface area (Å²) in [6.07, 6.45) is 0. The second-order valence-electron chi connectivity index (χ2n) is 0.0816. The average Bonchev–Trinajstić information content (AvgIpc) is 0.918. The molecule has 1 N–H and O–H groups in total. The maximum absolute atomic E-state index is 8.11. The van der Waals surface area contributed by atoms with Gasteiger partial charge in [-0.2, -0.15) is 0 Å². The van der Waals surface area contributed by atoms with E-state index < -0.39 is 0 Å². The monoisotopic (exact) mass is 242 g/mol. The quantitative estimate of drug-likeness (QED) is 0.344. The predicted molar refractivity (Wildman–Crippen MR) is 16.1 cm³/mol. The van der Waals surface area contributed by atoms with Crippen molar-refractivity contribution in [2.24, 2.45) is 5.34 Å². The number of rotatable bonds is 0. The van der Waals surface area contributed by atoms with E-state index in [0.29, 0.717) is 0 Å². The van der Waals surface area contributed by atoms with Gasteiger partial charge in [-0.25, -0.2) is 0 Å². The fraction of sp³-hybridized carbons (Fsp3) is 0. The SMILES string of the molecule is O=NO.[CaH2].[Eu]. The molecule has 0 bridgehead atoms. The van der Waals surface area contributed by atoms with E-state index in [0.717, 1.165) is 0 Å². The average molecular weight is 241 g/mol. The smallest absolute Gasteiger partial charge is 0 e. The van der Waals surface area contributed by atoms with Crippen molar-refractivity contribution in [1.82, 2.24) is 0 Å². The Balaban J connectivity index is -0.0000000200. The van der Waals surface area contributed by atoms with Gasteiger partial charge in [-0.3, -0.25) is 0 Å². The van der Waals surface area contributed by atoms with Gasteiger partial charge in [0.05, 0.1) is 0 Å². The predicted octanol–water partition coefficient (Wildman–Crippen LogP) is -0.774. The summed E-state index contributed by atoms with van der Waals surface area (Å²) in [5.74, 6) is 0. The first kappa shape index (κ1) is 15.7. The molecule has 0 fully saturated rings. The molecule has 0 aromatic carbocycles. The molecule has 0 saturated carbocycles. The van der Waals surface area contributed by atoms with Gasteiger partial charge >= 0.3 is 37.7 Å². The number of hydrogen-bond acceptors (Lipinski definition) is 2. The normalized spacial score (nSPS) is 2.40. The van der Waals surface area contributed by atoms with Crippen LogP contribution in [0, 0.1) is 54.3 Å². The molecule has 0 unspecified atom stereocenters. The van der Waals surface area contributed by atoms with E-state index in [9.17, 15) is 0 Å². The molecule has 0 amide bonds. The van der Waals surface area contributed by atoms with Crippen molar-refractivity contribution in [1.29, 1.82) is 0 Å². The molecular weight excluding hydrogens is 238 g/mol. The van der Waals surface area contributed by atoms with Crippen LogP contribution < -0.4 is 0 Å². The standard InChI is InChI=1S/Ca.Eu.HNO2.2H/c;;2-1-3;;/h;;(H,2,3);;. The van der Waals surface area contributed by atoms with Crippen LogP contribution in [0.15, 0.2) is 5.34 Å². The van der Waals surface area contributed by atoms with Crippen LogP contribution in [0.25, 0.3) is 0 Å². The summed E-state index contributed by atoms with van der Waals surface area (Å²) in [5.41, 5.74) is 0. The Kier molecular flexibility index (Phi) is 51.2. The third kappa shape index (κ3) is 22.3. The van der Waals surface area contributed by atoms with Gasteiger partial charge in [0, 0.05) is 49.4 Å². The minimum Gasteiger partial charge on any atom is 0 e. The van der Waals surface area contributed by atoms with E-state index in [1.807, 2.05) is 0 Å². The van der Waals surface area contributed by atoms with Crippen molar-refractivity contribution in [3.05, 3.63) is 4.91 Å². The molecule has 5 heavy (non-hydrogen) atoms. The van der Waals surface area contributed by atoms with E-state index >= 15 is 0 Å². The van der Waals surface area contributed by atoms with E-state index in [-0.39, 0.29) is 87.1 Å². The van der Waals surface area contributed by atoms with Crippen LogP contribution >= 0.6 is 0 Å². The van der Waals surface area contributed by atoms with Gasteiger partial charge in [0.15, 0.2) is 5.34 Å². The van der Waals surface area contributed by atoms with Crippen molar-refractivity contribution in [2.75, 3.05) is 0 Å². The molecule has 3 nitrogen and oxygen atoms in total. The number of nitrogens with zero attached hydrogens (tertiary/aromatic N) is 1. The van der Waals surface area contributed by atoms with Crippen molar-refractivity contribution in [3.63, 3.8) is 0 Å². The molecule has 0 aliphatic carbocycles. The van der Waals surface area contributed by atoms with E-state index in [4.69, 9.17) is 10.1 Å². The van der Waals surface area contributed by atoms with Crippen LogP contribution in [0.3, 0.4) is 0 Å². The summed E-state index contributed by atoms with van der Waals surface area (Å²) in [7, 11) is 0. The summed E-state index contributed by atoms with van der Waals surface area (Å²) in [6.45, 7) is 0. The van der Waals surface area contributed by atoms with Crippen LogP contribution in [0.1, 0.15) is 0 Å². The van der Waals surface area contributed by atoms with Gasteiger partial charge in [-0.05, 0) is 0 Å². The first-order valence-corrected chi connectivity index (χ1v) is 0.383. The van der Waals surface area contributed by atoms with Crippen LogP contribution in [-0.4, -0.2) is 42.9 Å². The third-order valence-corrected chi connectivity index (χ3v) is 0. The Morgan fingerprint density at radius 1 is 1.60 bits per heavy atom. The minimum absolute atomic E-state index is 0. The maximum atomic E-state index is 8.11. The van der Waals surface area contributed by atoms with Gasteiger partial charge in [0.25, 0.3) is 0 Å². The maximum Gasteiger partial charge on any atom is 0 e. The molecule has 0 spiro atoms.